The molecule has 2 aromatic carbocycles. The van der Waals surface area contributed by atoms with Crippen LogP contribution >= 0.6 is 0 Å². The second kappa shape index (κ2) is 5.69. The van der Waals surface area contributed by atoms with Crippen molar-refractivity contribution < 1.29 is 4.74 Å². The van der Waals surface area contributed by atoms with Gasteiger partial charge in [0.2, 0.25) is 0 Å². The first-order valence-corrected chi connectivity index (χ1v) is 6.12. The van der Waals surface area contributed by atoms with Gasteiger partial charge in [0.25, 0.3) is 0 Å². The summed E-state index contributed by atoms with van der Waals surface area (Å²) in [4.78, 5) is 0. The van der Waals surface area contributed by atoms with Crippen molar-refractivity contribution in [2.24, 2.45) is 0 Å². The molecule has 18 heavy (non-hydrogen) atoms. The van der Waals surface area contributed by atoms with Gasteiger partial charge in [0.1, 0.15) is 5.75 Å². The molecule has 0 aliphatic rings. The molecule has 1 N–H and O–H groups in total. The summed E-state index contributed by atoms with van der Waals surface area (Å²) in [6.45, 7) is 2.12. The Labute approximate surface area is 109 Å². The predicted octanol–water partition coefficient (Wildman–Crippen LogP) is 3.31. The van der Waals surface area contributed by atoms with Crippen LogP contribution in [0.5, 0.6) is 5.75 Å². The number of aryl methyl sites for hydroxylation is 1. The van der Waals surface area contributed by atoms with E-state index in [-0.39, 0.29) is 6.04 Å². The number of ether oxygens (including phenoxy) is 1. The van der Waals surface area contributed by atoms with E-state index in [2.05, 4.69) is 48.6 Å². The van der Waals surface area contributed by atoms with Crippen molar-refractivity contribution in [3.8, 4) is 5.75 Å². The molecule has 0 aliphatic heterocycles. The fourth-order valence-electron chi connectivity index (χ4n) is 2.17. The third-order valence-electron chi connectivity index (χ3n) is 3.11. The lowest BCUT2D eigenvalue weighted by molar-refractivity contribution is 0.414. The van der Waals surface area contributed by atoms with Crippen LogP contribution in [0.25, 0.3) is 0 Å². The van der Waals surface area contributed by atoms with E-state index in [1.54, 1.807) is 7.11 Å². The normalized spacial score (nSPS) is 12.2. The number of rotatable bonds is 4. The monoisotopic (exact) mass is 241 g/mol. The summed E-state index contributed by atoms with van der Waals surface area (Å²) in [5, 5.41) is 3.36. The lowest BCUT2D eigenvalue weighted by atomic mass is 9.97. The summed E-state index contributed by atoms with van der Waals surface area (Å²) in [6, 6.07) is 17.0. The molecule has 0 bridgehead atoms. The van der Waals surface area contributed by atoms with Gasteiger partial charge in [-0.2, -0.15) is 0 Å². The van der Waals surface area contributed by atoms with Crippen LogP contribution in [0.3, 0.4) is 0 Å². The van der Waals surface area contributed by atoms with Gasteiger partial charge in [-0.25, -0.2) is 0 Å². The molecule has 0 fully saturated rings. The minimum atomic E-state index is 0.218. The molecule has 2 rings (SSSR count). The maximum absolute atomic E-state index is 5.19. The molecule has 0 heterocycles. The predicted molar refractivity (Wildman–Crippen MR) is 75.1 cm³/mol. The van der Waals surface area contributed by atoms with Crippen molar-refractivity contribution in [3.63, 3.8) is 0 Å². The van der Waals surface area contributed by atoms with Crippen molar-refractivity contribution in [3.05, 3.63) is 65.2 Å². The van der Waals surface area contributed by atoms with Crippen molar-refractivity contribution in [1.82, 2.24) is 5.32 Å². The lowest BCUT2D eigenvalue weighted by Crippen LogP contribution is -2.17. The zero-order chi connectivity index (χ0) is 13.0. The SMILES string of the molecule is CNC(c1ccc(OC)cc1)c1cccc(C)c1. The van der Waals surface area contributed by atoms with E-state index < -0.39 is 0 Å². The Balaban J connectivity index is 2.32. The molecule has 0 radical (unpaired) electrons. The molecule has 2 aromatic rings. The van der Waals surface area contributed by atoms with E-state index in [0.29, 0.717) is 0 Å². The second-order valence-corrected chi connectivity index (χ2v) is 4.41. The van der Waals surface area contributed by atoms with E-state index in [4.69, 9.17) is 4.74 Å². The first-order chi connectivity index (χ1) is 8.74. The smallest absolute Gasteiger partial charge is 0.118 e. The van der Waals surface area contributed by atoms with Crippen LogP contribution in [0.4, 0.5) is 0 Å². The summed E-state index contributed by atoms with van der Waals surface area (Å²) in [5.74, 6) is 0.887. The summed E-state index contributed by atoms with van der Waals surface area (Å²) >= 11 is 0. The summed E-state index contributed by atoms with van der Waals surface area (Å²) in [5.41, 5.74) is 3.80. The average molecular weight is 241 g/mol. The van der Waals surface area contributed by atoms with Gasteiger partial charge in [-0.05, 0) is 37.2 Å². The Hall–Kier alpha value is -1.80. The molecule has 94 valence electrons. The Morgan fingerprint density at radius 2 is 1.72 bits per heavy atom. The molecular formula is C16H19NO. The topological polar surface area (TPSA) is 21.3 Å². The number of benzene rings is 2. The fourth-order valence-corrected chi connectivity index (χ4v) is 2.17. The molecule has 0 saturated heterocycles. The zero-order valence-corrected chi connectivity index (χ0v) is 11.1. The minimum absolute atomic E-state index is 0.218. The van der Waals surface area contributed by atoms with Gasteiger partial charge in [-0.15, -0.1) is 0 Å². The molecular weight excluding hydrogens is 222 g/mol. The molecule has 0 saturated carbocycles. The van der Waals surface area contributed by atoms with Crippen LogP contribution in [-0.4, -0.2) is 14.2 Å². The molecule has 1 unspecified atom stereocenters. The first-order valence-electron chi connectivity index (χ1n) is 6.12. The molecule has 0 amide bonds. The number of hydrogen-bond acceptors (Lipinski definition) is 2. The van der Waals surface area contributed by atoms with Gasteiger partial charge in [0, 0.05) is 0 Å². The Morgan fingerprint density at radius 3 is 2.28 bits per heavy atom. The van der Waals surface area contributed by atoms with E-state index >= 15 is 0 Å². The minimum Gasteiger partial charge on any atom is -0.497 e. The number of methoxy groups -OCH3 is 1. The first kappa shape index (κ1) is 12.7. The Bertz CT molecular complexity index is 505. The van der Waals surface area contributed by atoms with Crippen molar-refractivity contribution >= 4 is 0 Å². The highest BCUT2D eigenvalue weighted by Crippen LogP contribution is 2.24. The highest BCUT2D eigenvalue weighted by atomic mass is 16.5. The molecule has 0 spiro atoms. The highest BCUT2D eigenvalue weighted by molar-refractivity contribution is 5.36. The van der Waals surface area contributed by atoms with E-state index in [1.165, 1.54) is 16.7 Å². The van der Waals surface area contributed by atoms with Crippen molar-refractivity contribution in [2.75, 3.05) is 14.2 Å². The molecule has 2 heteroatoms. The zero-order valence-electron chi connectivity index (χ0n) is 11.1. The standard InChI is InChI=1S/C16H19NO/c1-12-5-4-6-14(11-12)16(17-2)13-7-9-15(18-3)10-8-13/h4-11,16-17H,1-3H3. The third kappa shape index (κ3) is 2.71. The molecule has 0 aromatic heterocycles. The summed E-state index contributed by atoms with van der Waals surface area (Å²) in [6.07, 6.45) is 0. The van der Waals surface area contributed by atoms with Crippen LogP contribution in [0.1, 0.15) is 22.7 Å². The van der Waals surface area contributed by atoms with Crippen LogP contribution in [0.15, 0.2) is 48.5 Å². The maximum Gasteiger partial charge on any atom is 0.118 e. The van der Waals surface area contributed by atoms with Crippen LogP contribution in [-0.2, 0) is 0 Å². The van der Waals surface area contributed by atoms with Crippen LogP contribution in [0, 0.1) is 6.92 Å². The van der Waals surface area contributed by atoms with Crippen molar-refractivity contribution in [1.29, 1.82) is 0 Å². The van der Waals surface area contributed by atoms with Gasteiger partial charge in [0.05, 0.1) is 13.2 Å². The van der Waals surface area contributed by atoms with Gasteiger partial charge < -0.3 is 10.1 Å². The van der Waals surface area contributed by atoms with Gasteiger partial charge >= 0.3 is 0 Å². The van der Waals surface area contributed by atoms with Gasteiger partial charge in [0.15, 0.2) is 0 Å². The lowest BCUT2D eigenvalue weighted by Gasteiger charge is -2.18. The van der Waals surface area contributed by atoms with Gasteiger partial charge in [-0.1, -0.05) is 42.0 Å². The number of nitrogens with one attached hydrogen (secondary N) is 1. The number of hydrogen-bond donors (Lipinski definition) is 1. The van der Waals surface area contributed by atoms with Gasteiger partial charge in [-0.3, -0.25) is 0 Å². The molecule has 2 nitrogen and oxygen atoms in total. The van der Waals surface area contributed by atoms with Crippen molar-refractivity contribution in [2.45, 2.75) is 13.0 Å². The van der Waals surface area contributed by atoms with Crippen LogP contribution < -0.4 is 10.1 Å². The van der Waals surface area contributed by atoms with E-state index in [9.17, 15) is 0 Å². The summed E-state index contributed by atoms with van der Waals surface area (Å²) < 4.78 is 5.19. The largest absolute Gasteiger partial charge is 0.497 e. The fraction of sp³-hybridized carbons (Fsp3) is 0.250. The Morgan fingerprint density at radius 1 is 1.00 bits per heavy atom. The van der Waals surface area contributed by atoms with E-state index in [1.807, 2.05) is 19.2 Å². The second-order valence-electron chi connectivity index (χ2n) is 4.41. The quantitative estimate of drug-likeness (QED) is 0.886. The highest BCUT2D eigenvalue weighted by Gasteiger charge is 2.11. The Kier molecular flexibility index (Phi) is 4.00. The molecule has 1 atom stereocenters. The maximum atomic E-state index is 5.19. The van der Waals surface area contributed by atoms with E-state index in [0.717, 1.165) is 5.75 Å². The third-order valence-corrected chi connectivity index (χ3v) is 3.11. The summed E-state index contributed by atoms with van der Waals surface area (Å²) in [7, 11) is 3.67. The molecule has 0 aliphatic carbocycles. The average Bonchev–Trinajstić information content (AvgIpc) is 2.40. The van der Waals surface area contributed by atoms with Crippen LogP contribution in [0.2, 0.25) is 0 Å².